The predicted octanol–water partition coefficient (Wildman–Crippen LogP) is 3.04. The van der Waals surface area contributed by atoms with Crippen LogP contribution in [-0.2, 0) is 9.53 Å². The van der Waals surface area contributed by atoms with Gasteiger partial charge in [-0.3, -0.25) is 9.69 Å². The highest BCUT2D eigenvalue weighted by Crippen LogP contribution is 2.19. The molecule has 30 heavy (non-hydrogen) atoms. The van der Waals surface area contributed by atoms with Gasteiger partial charge in [-0.15, -0.1) is 0 Å². The Kier molecular flexibility index (Phi) is 8.89. The predicted molar refractivity (Wildman–Crippen MR) is 113 cm³/mol. The number of rotatable bonds is 8. The van der Waals surface area contributed by atoms with Gasteiger partial charge in [0, 0.05) is 32.2 Å². The van der Waals surface area contributed by atoms with E-state index < -0.39 is 11.4 Å². The molecule has 1 fully saturated rings. The molecule has 0 bridgehead atoms. The topological polar surface area (TPSA) is 71.1 Å². The van der Waals surface area contributed by atoms with Crippen LogP contribution in [-0.4, -0.2) is 72.8 Å². The molecule has 0 spiro atoms. The Morgan fingerprint density at radius 2 is 1.90 bits per heavy atom. The number of ether oxygens (including phenoxy) is 2. The quantitative estimate of drug-likeness (QED) is 0.651. The first-order valence-electron chi connectivity index (χ1n) is 10.6. The van der Waals surface area contributed by atoms with Crippen molar-refractivity contribution in [1.29, 1.82) is 0 Å². The van der Waals surface area contributed by atoms with Gasteiger partial charge >= 0.3 is 12.0 Å². The molecule has 2 rings (SSSR count). The maximum Gasteiger partial charge on any atom is 0.320 e. The van der Waals surface area contributed by atoms with Crippen molar-refractivity contribution in [3.63, 3.8) is 0 Å². The number of esters is 1. The molecule has 0 aliphatic carbocycles. The van der Waals surface area contributed by atoms with E-state index in [1.54, 1.807) is 23.1 Å². The van der Waals surface area contributed by atoms with Crippen LogP contribution in [0.1, 0.15) is 40.5 Å². The van der Waals surface area contributed by atoms with Crippen molar-refractivity contribution >= 4 is 12.0 Å². The lowest BCUT2D eigenvalue weighted by molar-refractivity contribution is -0.157. The summed E-state index contributed by atoms with van der Waals surface area (Å²) in [5.41, 5.74) is -0.561. The Morgan fingerprint density at radius 3 is 2.50 bits per heavy atom. The zero-order chi connectivity index (χ0) is 22.1. The summed E-state index contributed by atoms with van der Waals surface area (Å²) in [6, 6.07) is 6.32. The molecule has 1 heterocycles. The van der Waals surface area contributed by atoms with Gasteiger partial charge in [-0.25, -0.2) is 9.18 Å². The molecule has 0 atom stereocenters. The van der Waals surface area contributed by atoms with E-state index in [2.05, 4.69) is 5.32 Å². The maximum atomic E-state index is 13.8. The van der Waals surface area contributed by atoms with Crippen molar-refractivity contribution in [1.82, 2.24) is 15.1 Å². The van der Waals surface area contributed by atoms with Gasteiger partial charge in [0.1, 0.15) is 12.2 Å². The van der Waals surface area contributed by atoms with Crippen molar-refractivity contribution in [2.75, 3.05) is 39.3 Å². The number of hydrogen-bond donors (Lipinski definition) is 1. The van der Waals surface area contributed by atoms with Gasteiger partial charge in [0.15, 0.2) is 11.6 Å². The standard InChI is InChI=1S/C22H34FN3O4/c1-5-24-21(28)25-12-10-17(11-13-25)26(16-20(27)30-22(2,3)4)14-15-29-19-9-7-6-8-18(19)23/h6-9,17H,5,10-16H2,1-4H3,(H,24,28). The van der Waals surface area contributed by atoms with E-state index in [0.717, 1.165) is 12.8 Å². The second kappa shape index (κ2) is 11.2. The number of amides is 2. The van der Waals surface area contributed by atoms with E-state index in [4.69, 9.17) is 9.47 Å². The van der Waals surface area contributed by atoms with Crippen molar-refractivity contribution in [3.8, 4) is 5.75 Å². The Morgan fingerprint density at radius 1 is 1.23 bits per heavy atom. The van der Waals surface area contributed by atoms with Crippen LogP contribution in [0.4, 0.5) is 9.18 Å². The van der Waals surface area contributed by atoms with E-state index in [-0.39, 0.29) is 36.9 Å². The summed E-state index contributed by atoms with van der Waals surface area (Å²) in [6.07, 6.45) is 1.50. The number of piperidine rings is 1. The maximum absolute atomic E-state index is 13.8. The van der Waals surface area contributed by atoms with Crippen LogP contribution in [0.3, 0.4) is 0 Å². The van der Waals surface area contributed by atoms with Crippen LogP contribution in [0.25, 0.3) is 0 Å². The number of nitrogens with one attached hydrogen (secondary N) is 1. The molecule has 8 heteroatoms. The third-order valence-corrected chi connectivity index (χ3v) is 4.82. The van der Waals surface area contributed by atoms with Crippen molar-refractivity contribution < 1.29 is 23.5 Å². The number of likely N-dealkylation sites (tertiary alicyclic amines) is 1. The smallest absolute Gasteiger partial charge is 0.320 e. The highest BCUT2D eigenvalue weighted by Gasteiger charge is 2.29. The van der Waals surface area contributed by atoms with Crippen LogP contribution in [0.15, 0.2) is 24.3 Å². The fourth-order valence-corrected chi connectivity index (χ4v) is 3.46. The van der Waals surface area contributed by atoms with Crippen LogP contribution in [0.2, 0.25) is 0 Å². The van der Waals surface area contributed by atoms with Crippen LogP contribution in [0.5, 0.6) is 5.75 Å². The molecule has 1 N–H and O–H groups in total. The van der Waals surface area contributed by atoms with Gasteiger partial charge in [0.05, 0.1) is 6.54 Å². The number of halogens is 1. The first kappa shape index (κ1) is 23.9. The highest BCUT2D eigenvalue weighted by molar-refractivity contribution is 5.74. The van der Waals surface area contributed by atoms with Crippen molar-refractivity contribution in [2.24, 2.45) is 0 Å². The third-order valence-electron chi connectivity index (χ3n) is 4.82. The Hall–Kier alpha value is -2.35. The second-order valence-electron chi connectivity index (χ2n) is 8.39. The third kappa shape index (κ3) is 7.82. The van der Waals surface area contributed by atoms with E-state index in [9.17, 15) is 14.0 Å². The molecular weight excluding hydrogens is 389 g/mol. The van der Waals surface area contributed by atoms with Crippen molar-refractivity contribution in [3.05, 3.63) is 30.1 Å². The summed E-state index contributed by atoms with van der Waals surface area (Å²) in [6.45, 7) is 10.1. The van der Waals surface area contributed by atoms with E-state index in [1.807, 2.05) is 32.6 Å². The van der Waals surface area contributed by atoms with Gasteiger partial charge in [-0.1, -0.05) is 12.1 Å². The number of carbonyl (C=O) groups is 2. The first-order valence-corrected chi connectivity index (χ1v) is 10.6. The van der Waals surface area contributed by atoms with Gasteiger partial charge in [0.2, 0.25) is 0 Å². The van der Waals surface area contributed by atoms with Gasteiger partial charge < -0.3 is 19.7 Å². The van der Waals surface area contributed by atoms with E-state index in [0.29, 0.717) is 26.2 Å². The second-order valence-corrected chi connectivity index (χ2v) is 8.39. The molecule has 1 aliphatic heterocycles. The largest absolute Gasteiger partial charge is 0.489 e. The summed E-state index contributed by atoms with van der Waals surface area (Å²) in [5.74, 6) is -0.522. The molecule has 2 amide bonds. The van der Waals surface area contributed by atoms with Gasteiger partial charge in [0.25, 0.3) is 0 Å². The Labute approximate surface area is 178 Å². The summed E-state index contributed by atoms with van der Waals surface area (Å²) in [7, 11) is 0. The molecule has 0 radical (unpaired) electrons. The summed E-state index contributed by atoms with van der Waals surface area (Å²) < 4.78 is 24.9. The van der Waals surface area contributed by atoms with Crippen LogP contribution >= 0.6 is 0 Å². The van der Waals surface area contributed by atoms with E-state index in [1.165, 1.54) is 6.07 Å². The SMILES string of the molecule is CCNC(=O)N1CCC(N(CCOc2ccccc2F)CC(=O)OC(C)(C)C)CC1. The van der Waals surface area contributed by atoms with E-state index >= 15 is 0 Å². The fourth-order valence-electron chi connectivity index (χ4n) is 3.46. The first-order chi connectivity index (χ1) is 14.2. The van der Waals surface area contributed by atoms with Gasteiger partial charge in [-0.05, 0) is 52.7 Å². The number of nitrogens with zero attached hydrogens (tertiary/aromatic N) is 2. The van der Waals surface area contributed by atoms with Crippen LogP contribution < -0.4 is 10.1 Å². The molecular formula is C22H34FN3O4. The lowest BCUT2D eigenvalue weighted by atomic mass is 10.0. The molecule has 1 aliphatic rings. The number of hydrogen-bond acceptors (Lipinski definition) is 5. The fraction of sp³-hybridized carbons (Fsp3) is 0.636. The minimum absolute atomic E-state index is 0.0578. The lowest BCUT2D eigenvalue weighted by Crippen LogP contribution is -2.51. The number of carbonyl (C=O) groups excluding carboxylic acids is 2. The van der Waals surface area contributed by atoms with Gasteiger partial charge in [-0.2, -0.15) is 0 Å². The summed E-state index contributed by atoms with van der Waals surface area (Å²) in [5, 5.41) is 2.82. The number of benzene rings is 1. The summed E-state index contributed by atoms with van der Waals surface area (Å²) in [4.78, 5) is 28.3. The zero-order valence-electron chi connectivity index (χ0n) is 18.4. The van der Waals surface area contributed by atoms with Crippen molar-refractivity contribution in [2.45, 2.75) is 52.2 Å². The average Bonchev–Trinajstić information content (AvgIpc) is 2.67. The molecule has 168 valence electrons. The number of urea groups is 1. The van der Waals surface area contributed by atoms with Crippen LogP contribution in [0, 0.1) is 5.82 Å². The molecule has 7 nitrogen and oxygen atoms in total. The summed E-state index contributed by atoms with van der Waals surface area (Å²) >= 11 is 0. The molecule has 0 unspecified atom stereocenters. The highest BCUT2D eigenvalue weighted by atomic mass is 19.1. The molecule has 0 saturated carbocycles. The zero-order valence-corrected chi connectivity index (χ0v) is 18.4. The number of para-hydroxylation sites is 1. The lowest BCUT2D eigenvalue weighted by Gasteiger charge is -2.38. The normalized spacial score (nSPS) is 15.2. The molecule has 0 aromatic heterocycles. The minimum atomic E-state index is -0.561. The molecule has 1 saturated heterocycles. The molecule has 1 aromatic rings. The molecule has 1 aromatic carbocycles. The Balaban J connectivity index is 1.96. The average molecular weight is 424 g/mol. The monoisotopic (exact) mass is 423 g/mol. The Bertz CT molecular complexity index is 700. The minimum Gasteiger partial charge on any atom is -0.489 e.